The predicted octanol–water partition coefficient (Wildman–Crippen LogP) is 5.34. The molecule has 1 unspecified atom stereocenters. The normalized spacial score (nSPS) is 18.3. The Hall–Kier alpha value is -2.77. The van der Waals surface area contributed by atoms with E-state index in [9.17, 15) is 9.59 Å². The number of piperidine rings is 1. The molecule has 1 aromatic heterocycles. The number of nitrogens with zero attached hydrogens (tertiary/aromatic N) is 2. The van der Waals surface area contributed by atoms with Crippen LogP contribution in [-0.4, -0.2) is 41.9 Å². The quantitative estimate of drug-likeness (QED) is 0.534. The van der Waals surface area contributed by atoms with Gasteiger partial charge in [-0.15, -0.1) is 0 Å². The maximum atomic E-state index is 13.7. The minimum atomic E-state index is -0.808. The number of fused-ring (bicyclic) bond motifs is 1. The largest absolute Gasteiger partial charge is 0.513 e. The highest BCUT2D eigenvalue weighted by molar-refractivity contribution is 6.31. The molecule has 2 aliphatic heterocycles. The number of halogens is 1. The molecule has 0 aliphatic carbocycles. The Morgan fingerprint density at radius 1 is 1.15 bits per heavy atom. The summed E-state index contributed by atoms with van der Waals surface area (Å²) in [5, 5.41) is 3.73. The number of pyridine rings is 1. The van der Waals surface area contributed by atoms with E-state index in [-0.39, 0.29) is 12.2 Å². The van der Waals surface area contributed by atoms with Crippen LogP contribution in [0.15, 0.2) is 52.8 Å². The van der Waals surface area contributed by atoms with E-state index in [0.29, 0.717) is 39.8 Å². The maximum absolute atomic E-state index is 13.7. The summed E-state index contributed by atoms with van der Waals surface area (Å²) in [5.41, 5.74) is 2.42. The van der Waals surface area contributed by atoms with E-state index in [1.807, 2.05) is 37.4 Å². The number of carbonyl (C=O) groups is 1. The van der Waals surface area contributed by atoms with E-state index in [1.165, 1.54) is 19.3 Å². The van der Waals surface area contributed by atoms with Crippen molar-refractivity contribution in [2.75, 3.05) is 31.6 Å². The molecule has 2 aromatic rings. The lowest BCUT2D eigenvalue weighted by atomic mass is 9.86. The minimum absolute atomic E-state index is 0.119. The Kier molecular flexibility index (Phi) is 7.95. The van der Waals surface area contributed by atoms with Gasteiger partial charge < -0.3 is 24.3 Å². The molecule has 0 spiro atoms. The van der Waals surface area contributed by atoms with Crippen molar-refractivity contribution in [3.8, 4) is 0 Å². The van der Waals surface area contributed by atoms with Gasteiger partial charge in [0.05, 0.1) is 23.8 Å². The third-order valence-electron chi connectivity index (χ3n) is 6.44. The highest BCUT2D eigenvalue weighted by Crippen LogP contribution is 2.42. The fourth-order valence-electron chi connectivity index (χ4n) is 4.79. The molecular weight excluding hydrogens is 454 g/mol. The van der Waals surface area contributed by atoms with Crippen LogP contribution in [0.1, 0.15) is 56.6 Å². The summed E-state index contributed by atoms with van der Waals surface area (Å²) in [6.45, 7) is 7.58. The number of ether oxygens (including phenoxy) is 2. The molecule has 1 atom stereocenters. The molecule has 8 heteroatoms. The van der Waals surface area contributed by atoms with E-state index in [1.54, 1.807) is 17.6 Å². The van der Waals surface area contributed by atoms with Gasteiger partial charge in [0.2, 0.25) is 0 Å². The van der Waals surface area contributed by atoms with Gasteiger partial charge in [0.15, 0.2) is 0 Å². The molecule has 4 rings (SSSR count). The fraction of sp³-hybridized carbons (Fsp3) is 0.462. The second kappa shape index (κ2) is 11.1. The van der Waals surface area contributed by atoms with Crippen molar-refractivity contribution in [1.29, 1.82) is 0 Å². The molecule has 1 N–H and O–H groups in total. The van der Waals surface area contributed by atoms with Gasteiger partial charge in [0, 0.05) is 23.5 Å². The van der Waals surface area contributed by atoms with E-state index in [2.05, 4.69) is 10.2 Å². The van der Waals surface area contributed by atoms with Gasteiger partial charge in [-0.25, -0.2) is 4.79 Å². The van der Waals surface area contributed by atoms with Gasteiger partial charge in [-0.3, -0.25) is 4.79 Å². The third-order valence-corrected chi connectivity index (χ3v) is 6.78. The number of hydrogen-bond donors (Lipinski definition) is 1. The number of likely N-dealkylation sites (tertiary alicyclic amines) is 1. The van der Waals surface area contributed by atoms with Crippen LogP contribution < -0.4 is 10.9 Å². The fourth-order valence-corrected chi connectivity index (χ4v) is 5.04. The first-order valence-electron chi connectivity index (χ1n) is 12.0. The van der Waals surface area contributed by atoms with Crippen molar-refractivity contribution >= 4 is 23.4 Å². The number of hydrogen-bond acceptors (Lipinski definition) is 6. The summed E-state index contributed by atoms with van der Waals surface area (Å²) in [4.78, 5) is 28.4. The van der Waals surface area contributed by atoms with Gasteiger partial charge in [-0.05, 0) is 70.4 Å². The van der Waals surface area contributed by atoms with Gasteiger partial charge in [-0.2, -0.15) is 0 Å². The molecule has 182 valence electrons. The van der Waals surface area contributed by atoms with Crippen molar-refractivity contribution in [1.82, 2.24) is 9.47 Å². The molecule has 1 aromatic carbocycles. The van der Waals surface area contributed by atoms with Crippen LogP contribution >= 0.6 is 11.6 Å². The van der Waals surface area contributed by atoms with Crippen LogP contribution in [0, 0.1) is 0 Å². The third kappa shape index (κ3) is 5.31. The molecule has 1 fully saturated rings. The zero-order valence-corrected chi connectivity index (χ0v) is 20.6. The van der Waals surface area contributed by atoms with Gasteiger partial charge in [0.1, 0.15) is 5.76 Å². The van der Waals surface area contributed by atoms with E-state index >= 15 is 0 Å². The average Bonchev–Trinajstić information content (AvgIpc) is 2.83. The van der Waals surface area contributed by atoms with Crippen LogP contribution in [0.2, 0.25) is 5.02 Å². The second-order valence-corrected chi connectivity index (χ2v) is 9.16. The van der Waals surface area contributed by atoms with E-state index in [4.69, 9.17) is 21.1 Å². The SMILES string of the molecule is CCOC(=O)OC1=C(C)Nc2ccn(CCCN3CCCCC3)c(=O)c2C1c1ccccc1Cl. The van der Waals surface area contributed by atoms with Crippen LogP contribution in [0.5, 0.6) is 0 Å². The molecule has 1 saturated heterocycles. The van der Waals surface area contributed by atoms with E-state index in [0.717, 1.165) is 26.1 Å². The van der Waals surface area contributed by atoms with Crippen molar-refractivity contribution in [2.45, 2.75) is 52.0 Å². The Bertz CT molecular complexity index is 1120. The number of benzene rings is 1. The molecule has 0 bridgehead atoms. The van der Waals surface area contributed by atoms with Crippen LogP contribution in [-0.2, 0) is 16.0 Å². The van der Waals surface area contributed by atoms with Crippen molar-refractivity contribution in [3.05, 3.63) is 74.5 Å². The standard InChI is InChI=1S/C26H32ClN3O4/c1-3-33-26(32)34-24-18(2)28-21-12-17-30(16-9-15-29-13-7-4-8-14-29)25(31)23(21)22(24)19-10-5-6-11-20(19)27/h5-6,10-12,17,22,28H,3-4,7-9,13-16H2,1-2H3. The number of anilines is 1. The Labute approximate surface area is 205 Å². The maximum Gasteiger partial charge on any atom is 0.513 e. The zero-order chi connectivity index (χ0) is 24.1. The highest BCUT2D eigenvalue weighted by Gasteiger charge is 2.35. The number of nitrogens with one attached hydrogen (secondary N) is 1. The minimum Gasteiger partial charge on any atom is -0.434 e. The highest BCUT2D eigenvalue weighted by atomic mass is 35.5. The lowest BCUT2D eigenvalue weighted by Crippen LogP contribution is -2.34. The van der Waals surface area contributed by atoms with Crippen molar-refractivity contribution in [3.63, 3.8) is 0 Å². The lowest BCUT2D eigenvalue weighted by molar-refractivity contribution is 0.0777. The van der Waals surface area contributed by atoms with Gasteiger partial charge in [-0.1, -0.05) is 36.2 Å². The molecule has 34 heavy (non-hydrogen) atoms. The summed E-state index contributed by atoms with van der Waals surface area (Å²) in [7, 11) is 0. The number of aromatic nitrogens is 1. The first-order chi connectivity index (χ1) is 16.5. The molecule has 7 nitrogen and oxygen atoms in total. The van der Waals surface area contributed by atoms with Crippen LogP contribution in [0.3, 0.4) is 0 Å². The van der Waals surface area contributed by atoms with Crippen molar-refractivity contribution < 1.29 is 14.3 Å². The van der Waals surface area contributed by atoms with Gasteiger partial charge in [0.25, 0.3) is 5.56 Å². The zero-order valence-electron chi connectivity index (χ0n) is 19.8. The van der Waals surface area contributed by atoms with E-state index < -0.39 is 12.1 Å². The number of aryl methyl sites for hydroxylation is 1. The Balaban J connectivity index is 1.68. The predicted molar refractivity (Wildman–Crippen MR) is 133 cm³/mol. The summed E-state index contributed by atoms with van der Waals surface area (Å²) < 4.78 is 12.4. The summed E-state index contributed by atoms with van der Waals surface area (Å²) in [5.74, 6) is -0.307. The average molecular weight is 486 g/mol. The molecule has 0 radical (unpaired) electrons. The monoisotopic (exact) mass is 485 g/mol. The molecule has 0 saturated carbocycles. The lowest BCUT2D eigenvalue weighted by Gasteiger charge is -2.30. The molecule has 2 aliphatic rings. The first-order valence-corrected chi connectivity index (χ1v) is 12.4. The number of carbonyl (C=O) groups excluding carboxylic acids is 1. The van der Waals surface area contributed by atoms with Gasteiger partial charge >= 0.3 is 6.16 Å². The van der Waals surface area contributed by atoms with Crippen LogP contribution in [0.25, 0.3) is 0 Å². The molecule has 0 amide bonds. The number of rotatable bonds is 7. The summed E-state index contributed by atoms with van der Waals surface area (Å²) >= 11 is 6.57. The first kappa shape index (κ1) is 24.4. The molecular formula is C26H32ClN3O4. The smallest absolute Gasteiger partial charge is 0.434 e. The molecule has 3 heterocycles. The van der Waals surface area contributed by atoms with Crippen LogP contribution in [0.4, 0.5) is 10.5 Å². The number of allylic oxidation sites excluding steroid dienone is 2. The Morgan fingerprint density at radius 2 is 1.91 bits per heavy atom. The summed E-state index contributed by atoms with van der Waals surface area (Å²) in [6, 6.07) is 9.24. The summed E-state index contributed by atoms with van der Waals surface area (Å²) in [6.07, 6.45) is 5.72. The second-order valence-electron chi connectivity index (χ2n) is 8.75. The van der Waals surface area contributed by atoms with Crippen molar-refractivity contribution in [2.24, 2.45) is 0 Å². The topological polar surface area (TPSA) is 72.8 Å². The Morgan fingerprint density at radius 3 is 2.65 bits per heavy atom.